The topological polar surface area (TPSA) is 272 Å². The molecule has 22 heteroatoms. The first kappa shape index (κ1) is 48.9. The maximum Gasteiger partial charge on any atom is 0.276 e. The van der Waals surface area contributed by atoms with Crippen molar-refractivity contribution in [2.24, 2.45) is 17.4 Å². The Labute approximate surface area is 404 Å². The number of amides is 4. The Morgan fingerprint density at radius 1 is 0.743 bits per heavy atom. The smallest absolute Gasteiger partial charge is 0.276 e. The van der Waals surface area contributed by atoms with E-state index in [9.17, 15) is 27.6 Å². The van der Waals surface area contributed by atoms with E-state index in [2.05, 4.69) is 32.7 Å². The number of primary amides is 2. The number of allylic oxidation sites excluding steroid dienone is 2. The standard InChI is InChI=1S/C48H57N13O8S/c1-6-60-37(23-29(3)55-60)45(64)53-47-51-35-25-32(43(49)62)27-39(68-5)41(35)58(47)18-10-11-19-59-42-36(52-48(59)54-46(65)38-24-30(4)56-61(38)7-2)26-33(44(50)63)28-40(42)69-22-12-13-31-16-20-57(21-17-31)70(66,67)34-14-8-9-15-34/h10-11,23-28,31,34H,6-9,14-22H2,1-5H3,(H2,49,62)(H2,50,63)(H,51,53,64)(H,52,54,65)/b11-10+. The van der Waals surface area contributed by atoms with Crippen LogP contribution in [0.25, 0.3) is 22.1 Å². The highest BCUT2D eigenvalue weighted by Crippen LogP contribution is 2.34. The van der Waals surface area contributed by atoms with Crippen LogP contribution in [0.2, 0.25) is 0 Å². The zero-order chi connectivity index (χ0) is 49.9. The zero-order valence-electron chi connectivity index (χ0n) is 39.8. The number of carbonyl (C=O) groups excluding carboxylic acids is 4. The van der Waals surface area contributed by atoms with Crippen LogP contribution in [0.1, 0.15) is 105 Å². The molecule has 70 heavy (non-hydrogen) atoms. The molecule has 21 nitrogen and oxygen atoms in total. The molecule has 1 aliphatic carbocycles. The van der Waals surface area contributed by atoms with Gasteiger partial charge in [0.15, 0.2) is 0 Å². The number of benzene rings is 2. The second-order valence-electron chi connectivity index (χ2n) is 17.3. The minimum atomic E-state index is -3.32. The monoisotopic (exact) mass is 975 g/mol. The van der Waals surface area contributed by atoms with E-state index in [1.54, 1.807) is 48.8 Å². The fraction of sp³-hybridized carbons (Fsp3) is 0.417. The molecule has 4 amide bonds. The fourth-order valence-corrected chi connectivity index (χ4v) is 11.2. The molecule has 8 rings (SSSR count). The van der Waals surface area contributed by atoms with Gasteiger partial charge in [-0.25, -0.2) is 22.7 Å². The number of hydrogen-bond acceptors (Lipinski definition) is 12. The highest BCUT2D eigenvalue weighted by atomic mass is 32.2. The van der Waals surface area contributed by atoms with Gasteiger partial charge in [0.05, 0.1) is 34.8 Å². The molecule has 2 aromatic carbocycles. The summed E-state index contributed by atoms with van der Waals surface area (Å²) in [6.45, 7) is 9.23. The molecule has 0 radical (unpaired) electrons. The lowest BCUT2D eigenvalue weighted by molar-refractivity contribution is 0.0991. The van der Waals surface area contributed by atoms with Crippen molar-refractivity contribution in [1.29, 1.82) is 0 Å². The van der Waals surface area contributed by atoms with Gasteiger partial charge in [-0.1, -0.05) is 36.8 Å². The average molecular weight is 976 g/mol. The minimum Gasteiger partial charge on any atom is -0.494 e. The summed E-state index contributed by atoms with van der Waals surface area (Å²) >= 11 is 0. The number of hydrogen-bond donors (Lipinski definition) is 4. The number of methoxy groups -OCH3 is 1. The first-order valence-electron chi connectivity index (χ1n) is 23.3. The molecule has 2 fully saturated rings. The number of rotatable bonds is 17. The largest absolute Gasteiger partial charge is 0.494 e. The van der Waals surface area contributed by atoms with E-state index in [4.69, 9.17) is 30.9 Å². The summed E-state index contributed by atoms with van der Waals surface area (Å²) in [6, 6.07) is 9.40. The van der Waals surface area contributed by atoms with Gasteiger partial charge in [-0.05, 0) is 89.8 Å². The lowest BCUT2D eigenvalue weighted by Gasteiger charge is -2.31. The van der Waals surface area contributed by atoms with E-state index in [0.717, 1.165) is 12.8 Å². The Bertz CT molecular complexity index is 3210. The lowest BCUT2D eigenvalue weighted by atomic mass is 9.99. The van der Waals surface area contributed by atoms with Gasteiger partial charge in [0, 0.05) is 56.3 Å². The summed E-state index contributed by atoms with van der Waals surface area (Å²) in [6.07, 6.45) is 8.16. The van der Waals surface area contributed by atoms with Crippen molar-refractivity contribution < 1.29 is 37.1 Å². The van der Waals surface area contributed by atoms with Crippen molar-refractivity contribution in [3.63, 3.8) is 0 Å². The number of nitrogens with one attached hydrogen (secondary N) is 2. The van der Waals surface area contributed by atoms with Crippen LogP contribution < -0.4 is 31.6 Å². The van der Waals surface area contributed by atoms with Crippen LogP contribution in [0.5, 0.6) is 11.5 Å². The number of nitrogens with zero attached hydrogens (tertiary/aromatic N) is 9. The average Bonchev–Trinajstić information content (AvgIpc) is 4.20. The third-order valence-corrected chi connectivity index (χ3v) is 15.0. The van der Waals surface area contributed by atoms with E-state index >= 15 is 0 Å². The summed E-state index contributed by atoms with van der Waals surface area (Å²) < 4.78 is 46.6. The van der Waals surface area contributed by atoms with E-state index < -0.39 is 33.7 Å². The van der Waals surface area contributed by atoms with Crippen molar-refractivity contribution in [2.75, 3.05) is 37.4 Å². The van der Waals surface area contributed by atoms with Crippen LogP contribution in [-0.2, 0) is 36.2 Å². The molecular formula is C48H57N13O8S. The summed E-state index contributed by atoms with van der Waals surface area (Å²) in [5, 5.41) is 14.4. The Kier molecular flexibility index (Phi) is 14.4. The Hall–Kier alpha value is -7.51. The molecular weight excluding hydrogens is 919 g/mol. The number of ether oxygens (including phenoxy) is 2. The minimum absolute atomic E-state index is 0.0241. The maximum atomic E-state index is 13.9. The number of aryl methyl sites for hydroxylation is 4. The summed E-state index contributed by atoms with van der Waals surface area (Å²) in [4.78, 5) is 62.1. The van der Waals surface area contributed by atoms with Crippen molar-refractivity contribution in [3.8, 4) is 23.3 Å². The summed E-state index contributed by atoms with van der Waals surface area (Å²) in [5.74, 6) is 4.82. The van der Waals surface area contributed by atoms with Gasteiger partial charge >= 0.3 is 0 Å². The maximum absolute atomic E-state index is 13.9. The van der Waals surface area contributed by atoms with Crippen LogP contribution in [0, 0.1) is 31.6 Å². The number of fused-ring (bicyclic) bond motifs is 2. The van der Waals surface area contributed by atoms with Gasteiger partial charge in [-0.3, -0.25) is 39.2 Å². The Balaban J connectivity index is 1.11. The van der Waals surface area contributed by atoms with Crippen molar-refractivity contribution in [1.82, 2.24) is 43.0 Å². The molecule has 0 spiro atoms. The predicted molar refractivity (Wildman–Crippen MR) is 262 cm³/mol. The first-order valence-corrected chi connectivity index (χ1v) is 24.8. The molecule has 0 unspecified atom stereocenters. The number of carbonyl (C=O) groups is 4. The van der Waals surface area contributed by atoms with E-state index in [1.807, 2.05) is 26.0 Å². The van der Waals surface area contributed by atoms with Gasteiger partial charge in [-0.15, -0.1) is 0 Å². The summed E-state index contributed by atoms with van der Waals surface area (Å²) in [5.41, 5.74) is 15.3. The number of nitrogens with two attached hydrogens (primary N) is 2. The van der Waals surface area contributed by atoms with Crippen LogP contribution in [0.4, 0.5) is 11.9 Å². The van der Waals surface area contributed by atoms with Crippen molar-refractivity contribution in [3.05, 3.63) is 82.5 Å². The molecule has 0 bridgehead atoms. The molecule has 1 aliphatic heterocycles. The highest BCUT2D eigenvalue weighted by molar-refractivity contribution is 7.89. The van der Waals surface area contributed by atoms with Gasteiger partial charge in [0.1, 0.15) is 40.5 Å². The number of sulfonamides is 1. The van der Waals surface area contributed by atoms with Crippen molar-refractivity contribution >= 4 is 67.6 Å². The van der Waals surface area contributed by atoms with Crippen molar-refractivity contribution in [2.45, 2.75) is 97.6 Å². The molecule has 1 saturated heterocycles. The lowest BCUT2D eigenvalue weighted by Crippen LogP contribution is -2.42. The van der Waals surface area contributed by atoms with Gasteiger partial charge in [0.2, 0.25) is 33.7 Å². The number of piperidine rings is 1. The highest BCUT2D eigenvalue weighted by Gasteiger charge is 2.36. The van der Waals surface area contributed by atoms with Crippen LogP contribution in [0.15, 0.2) is 48.6 Å². The first-order chi connectivity index (χ1) is 33.6. The molecule has 4 aromatic heterocycles. The number of imidazole rings is 2. The normalized spacial score (nSPS) is 14.9. The molecule has 5 heterocycles. The van der Waals surface area contributed by atoms with Crippen LogP contribution >= 0.6 is 0 Å². The Morgan fingerprint density at radius 2 is 1.23 bits per heavy atom. The molecule has 2 aliphatic rings. The van der Waals surface area contributed by atoms with Crippen LogP contribution in [0.3, 0.4) is 0 Å². The second-order valence-corrected chi connectivity index (χ2v) is 19.5. The quantitative estimate of drug-likeness (QED) is 0.0711. The second kappa shape index (κ2) is 20.6. The third kappa shape index (κ3) is 10.1. The predicted octanol–water partition coefficient (Wildman–Crippen LogP) is 4.77. The summed E-state index contributed by atoms with van der Waals surface area (Å²) in [7, 11) is -1.87. The third-order valence-electron chi connectivity index (χ3n) is 12.6. The molecule has 1 saturated carbocycles. The van der Waals surface area contributed by atoms with E-state index in [0.29, 0.717) is 102 Å². The van der Waals surface area contributed by atoms with Gasteiger partial charge < -0.3 is 30.1 Å². The zero-order valence-corrected chi connectivity index (χ0v) is 40.6. The van der Waals surface area contributed by atoms with Gasteiger partial charge in [0.25, 0.3) is 11.8 Å². The number of aromatic nitrogens is 8. The Morgan fingerprint density at radius 3 is 1.70 bits per heavy atom. The molecule has 6 N–H and O–H groups in total. The number of anilines is 2. The van der Waals surface area contributed by atoms with Gasteiger partial charge in [-0.2, -0.15) is 10.2 Å². The van der Waals surface area contributed by atoms with E-state index in [1.165, 1.54) is 31.4 Å². The molecule has 368 valence electrons. The molecule has 0 atom stereocenters. The van der Waals surface area contributed by atoms with Crippen LogP contribution in [-0.4, -0.2) is 107 Å². The van der Waals surface area contributed by atoms with E-state index in [-0.39, 0.29) is 59.6 Å². The fourth-order valence-electron chi connectivity index (χ4n) is 9.14. The SMILES string of the molecule is CCn1nc(C)cc1C(=O)Nc1nc2cc(C(N)=O)cc(OC)c2n1C/C=C/Cn1c(NC(=O)c2cc(C)nn2CC)nc2cc(C(N)=O)cc(OCC#CC3CCN(S(=O)(=O)C4CCCC4)CC3)c21. The molecule has 6 aromatic rings.